The van der Waals surface area contributed by atoms with Crippen molar-refractivity contribution in [1.82, 2.24) is 10.2 Å². The number of nitrogens with one attached hydrogen (secondary N) is 1. The van der Waals surface area contributed by atoms with E-state index in [2.05, 4.69) is 24.1 Å². The van der Waals surface area contributed by atoms with Crippen molar-refractivity contribution in [2.24, 2.45) is 5.92 Å². The molecule has 1 aliphatic carbocycles. The minimum Gasteiger partial charge on any atom is -0.311 e. The molecule has 0 aromatic heterocycles. The van der Waals surface area contributed by atoms with E-state index in [4.69, 9.17) is 23.2 Å². The Bertz CT molecular complexity index is 501. The standard InChI is InChI=1S/C16H22Cl2N2/c1-11-8-20(16(2,10-19-11)13-3-4-13)9-12-7-14(17)5-6-15(12)18/h5-7,11,13,19H,3-4,8-10H2,1-2H3. The van der Waals surface area contributed by atoms with Gasteiger partial charge in [0.05, 0.1) is 0 Å². The van der Waals surface area contributed by atoms with Gasteiger partial charge in [0.25, 0.3) is 0 Å². The molecule has 1 saturated carbocycles. The molecular weight excluding hydrogens is 291 g/mol. The van der Waals surface area contributed by atoms with Crippen LogP contribution in [0.1, 0.15) is 32.3 Å². The zero-order chi connectivity index (χ0) is 14.3. The maximum absolute atomic E-state index is 6.34. The van der Waals surface area contributed by atoms with Crippen LogP contribution in [0.15, 0.2) is 18.2 Å². The molecule has 1 heterocycles. The number of halogens is 2. The quantitative estimate of drug-likeness (QED) is 0.909. The lowest BCUT2D eigenvalue weighted by molar-refractivity contribution is 0.0312. The molecule has 0 spiro atoms. The first-order valence-electron chi connectivity index (χ1n) is 7.41. The summed E-state index contributed by atoms with van der Waals surface area (Å²) in [7, 11) is 0. The molecule has 0 radical (unpaired) electrons. The summed E-state index contributed by atoms with van der Waals surface area (Å²) in [4.78, 5) is 2.60. The average Bonchev–Trinajstić information content (AvgIpc) is 3.23. The fraction of sp³-hybridized carbons (Fsp3) is 0.625. The molecule has 1 aromatic rings. The Hall–Kier alpha value is -0.280. The van der Waals surface area contributed by atoms with Crippen molar-refractivity contribution in [1.29, 1.82) is 0 Å². The zero-order valence-electron chi connectivity index (χ0n) is 12.1. The SMILES string of the molecule is CC1CN(Cc2cc(Cl)ccc2Cl)C(C)(C2CC2)CN1. The number of rotatable bonds is 3. The lowest BCUT2D eigenvalue weighted by atomic mass is 9.89. The second-order valence-electron chi connectivity index (χ2n) is 6.53. The average molecular weight is 313 g/mol. The minimum atomic E-state index is 0.248. The van der Waals surface area contributed by atoms with E-state index in [0.29, 0.717) is 6.04 Å². The van der Waals surface area contributed by atoms with Crippen LogP contribution in [0.25, 0.3) is 0 Å². The highest BCUT2D eigenvalue weighted by Gasteiger charge is 2.47. The number of hydrogen-bond acceptors (Lipinski definition) is 2. The summed E-state index contributed by atoms with van der Waals surface area (Å²) in [5.74, 6) is 0.820. The molecule has 110 valence electrons. The van der Waals surface area contributed by atoms with E-state index >= 15 is 0 Å². The van der Waals surface area contributed by atoms with E-state index < -0.39 is 0 Å². The van der Waals surface area contributed by atoms with Gasteiger partial charge in [-0.25, -0.2) is 0 Å². The summed E-state index contributed by atoms with van der Waals surface area (Å²) in [5.41, 5.74) is 1.39. The van der Waals surface area contributed by atoms with Gasteiger partial charge in [0, 0.05) is 41.3 Å². The molecule has 2 unspecified atom stereocenters. The van der Waals surface area contributed by atoms with Gasteiger partial charge in [-0.3, -0.25) is 4.90 Å². The summed E-state index contributed by atoms with van der Waals surface area (Å²) in [6.07, 6.45) is 2.71. The summed E-state index contributed by atoms with van der Waals surface area (Å²) >= 11 is 12.5. The maximum Gasteiger partial charge on any atom is 0.0452 e. The Morgan fingerprint density at radius 3 is 2.80 bits per heavy atom. The van der Waals surface area contributed by atoms with Crippen LogP contribution in [-0.4, -0.2) is 29.6 Å². The van der Waals surface area contributed by atoms with Crippen molar-refractivity contribution in [2.75, 3.05) is 13.1 Å². The molecule has 0 bridgehead atoms. The van der Waals surface area contributed by atoms with Crippen LogP contribution < -0.4 is 5.32 Å². The molecule has 1 aliphatic heterocycles. The molecule has 3 rings (SSSR count). The maximum atomic E-state index is 6.34. The highest BCUT2D eigenvalue weighted by Crippen LogP contribution is 2.44. The Kier molecular flexibility index (Phi) is 4.02. The number of nitrogens with zero attached hydrogens (tertiary/aromatic N) is 1. The Morgan fingerprint density at radius 2 is 2.10 bits per heavy atom. The molecule has 4 heteroatoms. The molecule has 1 aromatic carbocycles. The number of benzene rings is 1. The smallest absolute Gasteiger partial charge is 0.0452 e. The molecule has 0 amide bonds. The van der Waals surface area contributed by atoms with Gasteiger partial charge in [-0.05, 0) is 56.4 Å². The third-order valence-corrected chi connectivity index (χ3v) is 5.45. The summed E-state index contributed by atoms with van der Waals surface area (Å²) in [5, 5.41) is 5.22. The van der Waals surface area contributed by atoms with Crippen LogP contribution in [-0.2, 0) is 6.54 Å². The van der Waals surface area contributed by atoms with Crippen molar-refractivity contribution in [3.63, 3.8) is 0 Å². The molecule has 2 nitrogen and oxygen atoms in total. The Morgan fingerprint density at radius 1 is 1.35 bits per heavy atom. The van der Waals surface area contributed by atoms with Crippen LogP contribution in [0.2, 0.25) is 10.0 Å². The number of hydrogen-bond donors (Lipinski definition) is 1. The Labute approximate surface area is 131 Å². The van der Waals surface area contributed by atoms with Crippen molar-refractivity contribution in [3.05, 3.63) is 33.8 Å². The lowest BCUT2D eigenvalue weighted by Crippen LogP contribution is -2.63. The van der Waals surface area contributed by atoms with Gasteiger partial charge in [0.2, 0.25) is 0 Å². The van der Waals surface area contributed by atoms with Crippen LogP contribution in [0.5, 0.6) is 0 Å². The third kappa shape index (κ3) is 2.85. The van der Waals surface area contributed by atoms with Gasteiger partial charge < -0.3 is 5.32 Å². The summed E-state index contributed by atoms with van der Waals surface area (Å²) in [6.45, 7) is 7.66. The van der Waals surface area contributed by atoms with Crippen LogP contribution in [0.3, 0.4) is 0 Å². The fourth-order valence-electron chi connectivity index (χ4n) is 3.32. The van der Waals surface area contributed by atoms with Crippen LogP contribution in [0.4, 0.5) is 0 Å². The lowest BCUT2D eigenvalue weighted by Gasteiger charge is -2.48. The normalized spacial score (nSPS) is 31.5. The van der Waals surface area contributed by atoms with Gasteiger partial charge >= 0.3 is 0 Å². The molecular formula is C16H22Cl2N2. The third-order valence-electron chi connectivity index (χ3n) is 4.85. The van der Waals surface area contributed by atoms with Gasteiger partial charge in [-0.2, -0.15) is 0 Å². The summed E-state index contributed by atoms with van der Waals surface area (Å²) in [6, 6.07) is 6.29. The predicted octanol–water partition coefficient (Wildman–Crippen LogP) is 3.96. The minimum absolute atomic E-state index is 0.248. The second kappa shape index (κ2) is 5.49. The van der Waals surface area contributed by atoms with E-state index in [0.717, 1.165) is 41.2 Å². The molecule has 2 fully saturated rings. The highest BCUT2D eigenvalue weighted by molar-refractivity contribution is 6.33. The largest absolute Gasteiger partial charge is 0.311 e. The van der Waals surface area contributed by atoms with Gasteiger partial charge in [-0.15, -0.1) is 0 Å². The number of piperazine rings is 1. The first-order valence-corrected chi connectivity index (χ1v) is 8.17. The molecule has 2 atom stereocenters. The summed E-state index contributed by atoms with van der Waals surface area (Å²) < 4.78 is 0. The van der Waals surface area contributed by atoms with Gasteiger partial charge in [0.15, 0.2) is 0 Å². The first-order chi connectivity index (χ1) is 9.49. The van der Waals surface area contributed by atoms with Crippen LogP contribution in [0, 0.1) is 5.92 Å². The topological polar surface area (TPSA) is 15.3 Å². The van der Waals surface area contributed by atoms with Crippen molar-refractivity contribution in [2.45, 2.75) is 44.8 Å². The molecule has 1 N–H and O–H groups in total. The Balaban J connectivity index is 1.84. The highest BCUT2D eigenvalue weighted by atomic mass is 35.5. The van der Waals surface area contributed by atoms with E-state index in [1.54, 1.807) is 0 Å². The first kappa shape index (κ1) is 14.6. The van der Waals surface area contributed by atoms with E-state index in [-0.39, 0.29) is 5.54 Å². The molecule has 2 aliphatic rings. The van der Waals surface area contributed by atoms with Gasteiger partial charge in [0.1, 0.15) is 0 Å². The van der Waals surface area contributed by atoms with E-state index in [1.807, 2.05) is 18.2 Å². The predicted molar refractivity (Wildman–Crippen MR) is 85.5 cm³/mol. The van der Waals surface area contributed by atoms with Crippen molar-refractivity contribution < 1.29 is 0 Å². The van der Waals surface area contributed by atoms with Gasteiger partial charge in [-0.1, -0.05) is 23.2 Å². The second-order valence-corrected chi connectivity index (χ2v) is 7.37. The van der Waals surface area contributed by atoms with Crippen molar-refractivity contribution >= 4 is 23.2 Å². The zero-order valence-corrected chi connectivity index (χ0v) is 13.6. The molecule has 20 heavy (non-hydrogen) atoms. The monoisotopic (exact) mass is 312 g/mol. The van der Waals surface area contributed by atoms with Crippen molar-refractivity contribution in [3.8, 4) is 0 Å². The van der Waals surface area contributed by atoms with Crippen LogP contribution >= 0.6 is 23.2 Å². The fourth-order valence-corrected chi connectivity index (χ4v) is 3.69. The molecule has 1 saturated heterocycles. The van der Waals surface area contributed by atoms with E-state index in [1.165, 1.54) is 12.8 Å². The van der Waals surface area contributed by atoms with E-state index in [9.17, 15) is 0 Å².